The molecule has 0 unspecified atom stereocenters. The molecule has 2 aromatic heterocycles. The summed E-state index contributed by atoms with van der Waals surface area (Å²) in [6.45, 7) is 2.24. The van der Waals surface area contributed by atoms with Gasteiger partial charge in [-0.25, -0.2) is 0 Å². The molecule has 1 N–H and O–H groups in total. The molecule has 0 aliphatic carbocycles. The molecular formula is C49H31NOS. The van der Waals surface area contributed by atoms with E-state index in [1.54, 1.807) is 0 Å². The largest absolute Gasteiger partial charge is 0.456 e. The van der Waals surface area contributed by atoms with Crippen LogP contribution in [0.5, 0.6) is 0 Å². The van der Waals surface area contributed by atoms with Crippen molar-refractivity contribution >= 4 is 64.8 Å². The van der Waals surface area contributed by atoms with Crippen LogP contribution in [-0.4, -0.2) is 0 Å². The smallest absolute Gasteiger partial charge is 0.137 e. The fourth-order valence-corrected chi connectivity index (χ4v) is 9.46. The first-order valence-electron chi connectivity index (χ1n) is 17.7. The highest BCUT2D eigenvalue weighted by molar-refractivity contribution is 7.26. The van der Waals surface area contributed by atoms with E-state index in [0.29, 0.717) is 0 Å². The fraction of sp³-hybridized carbons (Fsp3) is 0.0204. The normalized spacial score (nSPS) is 12.1. The van der Waals surface area contributed by atoms with Gasteiger partial charge in [-0.1, -0.05) is 109 Å². The Bertz CT molecular complexity index is 3040. The highest BCUT2D eigenvalue weighted by Gasteiger charge is 2.19. The van der Waals surface area contributed by atoms with Gasteiger partial charge in [0, 0.05) is 31.2 Å². The molecule has 0 amide bonds. The molecule has 0 saturated heterocycles. The van der Waals surface area contributed by atoms with Crippen LogP contribution in [0.25, 0.3) is 97.7 Å². The quantitative estimate of drug-likeness (QED) is 0.172. The zero-order valence-corrected chi connectivity index (χ0v) is 29.2. The van der Waals surface area contributed by atoms with Crippen LogP contribution in [0, 0.1) is 6.92 Å². The lowest BCUT2D eigenvalue weighted by Gasteiger charge is -2.15. The highest BCUT2D eigenvalue weighted by atomic mass is 32.1. The summed E-state index contributed by atoms with van der Waals surface area (Å²) in [5, 5.41) is 8.61. The van der Waals surface area contributed by atoms with Crippen molar-refractivity contribution in [2.24, 2.45) is 0 Å². The standard InChI is InChI=1S/C49H31NOS/c1-29-37-11-5-12-38(29)39-13-6-15-43-48(39)49-42(14-7-16-44(49)51-43)50-36-24-22-32(23-25-36)41-27-35(28-46-47(41)40-10-2-3-17-45(40)52-46)34-9-4-8-33(26-34)30-18-20-31(37)21-19-30/h2-28,50H,1H3. The molecule has 3 heteroatoms. The molecule has 2 nitrogen and oxygen atoms in total. The number of hydrogen-bond donors (Lipinski definition) is 1. The number of fused-ring (bicyclic) bond motifs is 3. The first kappa shape index (κ1) is 29.3. The van der Waals surface area contributed by atoms with E-state index in [0.717, 1.165) is 33.3 Å². The van der Waals surface area contributed by atoms with Crippen LogP contribution in [-0.2, 0) is 0 Å². The number of furan rings is 1. The Balaban J connectivity index is 1.19. The molecule has 0 saturated carbocycles. The van der Waals surface area contributed by atoms with E-state index in [9.17, 15) is 0 Å². The molecule has 52 heavy (non-hydrogen) atoms. The second kappa shape index (κ2) is 11.3. The van der Waals surface area contributed by atoms with E-state index in [-0.39, 0.29) is 0 Å². The number of hydrogen-bond acceptors (Lipinski definition) is 3. The van der Waals surface area contributed by atoms with Crippen molar-refractivity contribution in [2.75, 3.05) is 5.32 Å². The summed E-state index contributed by atoms with van der Waals surface area (Å²) in [5.41, 5.74) is 17.1. The predicted molar refractivity (Wildman–Crippen MR) is 222 cm³/mol. The van der Waals surface area contributed by atoms with Crippen molar-refractivity contribution in [2.45, 2.75) is 6.92 Å². The van der Waals surface area contributed by atoms with Crippen LogP contribution >= 0.6 is 11.3 Å². The summed E-state index contributed by atoms with van der Waals surface area (Å²) in [5.74, 6) is 0. The Kier molecular flexibility index (Phi) is 6.37. The molecule has 10 bridgehead atoms. The molecule has 4 aliphatic rings. The SMILES string of the molecule is Cc1c2cccc1-c1cccc3oc4cccc(c4c13)Nc1ccc(cc1)-c1cc(cc3sc4ccccc4c13)-c1cccc(c1)-c1ccc-2cc1. The van der Waals surface area contributed by atoms with E-state index in [4.69, 9.17) is 4.42 Å². The molecule has 10 aromatic rings. The Morgan fingerprint density at radius 1 is 0.423 bits per heavy atom. The van der Waals surface area contributed by atoms with E-state index in [2.05, 4.69) is 176 Å². The molecule has 6 heterocycles. The summed E-state index contributed by atoms with van der Waals surface area (Å²) in [7, 11) is 0. The zero-order chi connectivity index (χ0) is 34.3. The minimum Gasteiger partial charge on any atom is -0.456 e. The first-order chi connectivity index (χ1) is 25.7. The van der Waals surface area contributed by atoms with Crippen LogP contribution in [0.4, 0.5) is 11.4 Å². The van der Waals surface area contributed by atoms with Gasteiger partial charge in [-0.3, -0.25) is 0 Å². The van der Waals surface area contributed by atoms with Gasteiger partial charge < -0.3 is 9.73 Å². The Morgan fingerprint density at radius 3 is 1.94 bits per heavy atom. The average molecular weight is 682 g/mol. The van der Waals surface area contributed by atoms with Gasteiger partial charge in [0.25, 0.3) is 0 Å². The summed E-state index contributed by atoms with van der Waals surface area (Å²) >= 11 is 1.87. The van der Waals surface area contributed by atoms with Crippen LogP contribution < -0.4 is 5.32 Å². The van der Waals surface area contributed by atoms with E-state index in [1.165, 1.54) is 81.4 Å². The van der Waals surface area contributed by atoms with Crippen molar-refractivity contribution < 1.29 is 4.42 Å². The maximum atomic E-state index is 6.52. The minimum atomic E-state index is 0.870. The molecule has 244 valence electrons. The minimum absolute atomic E-state index is 0.870. The maximum Gasteiger partial charge on any atom is 0.137 e. The third-order valence-electron chi connectivity index (χ3n) is 10.8. The molecule has 4 aliphatic heterocycles. The lowest BCUT2D eigenvalue weighted by molar-refractivity contribution is 0.669. The number of benzene rings is 8. The summed E-state index contributed by atoms with van der Waals surface area (Å²) < 4.78 is 9.12. The number of anilines is 2. The second-order valence-corrected chi connectivity index (χ2v) is 14.9. The van der Waals surface area contributed by atoms with Gasteiger partial charge in [0.15, 0.2) is 0 Å². The number of thiophene rings is 1. The van der Waals surface area contributed by atoms with Crippen LogP contribution in [0.2, 0.25) is 0 Å². The average Bonchev–Trinajstić information content (AvgIpc) is 3.77. The van der Waals surface area contributed by atoms with Gasteiger partial charge in [-0.2, -0.15) is 0 Å². The Labute approximate surface area is 305 Å². The van der Waals surface area contributed by atoms with Gasteiger partial charge in [-0.05, 0) is 123 Å². The third kappa shape index (κ3) is 4.50. The third-order valence-corrected chi connectivity index (χ3v) is 11.9. The molecule has 0 atom stereocenters. The summed E-state index contributed by atoms with van der Waals surface area (Å²) in [6, 6.07) is 59.8. The van der Waals surface area contributed by atoms with Crippen molar-refractivity contribution in [3.63, 3.8) is 0 Å². The number of nitrogens with one attached hydrogen (secondary N) is 1. The van der Waals surface area contributed by atoms with Crippen LogP contribution in [0.15, 0.2) is 168 Å². The molecular weight excluding hydrogens is 651 g/mol. The van der Waals surface area contributed by atoms with Crippen LogP contribution in [0.3, 0.4) is 0 Å². The first-order valence-corrected chi connectivity index (χ1v) is 18.6. The molecule has 8 aromatic carbocycles. The maximum absolute atomic E-state index is 6.52. The van der Waals surface area contributed by atoms with E-state index in [1.807, 2.05) is 11.3 Å². The zero-order valence-electron chi connectivity index (χ0n) is 28.4. The van der Waals surface area contributed by atoms with Gasteiger partial charge in [0.1, 0.15) is 11.2 Å². The Hall–Kier alpha value is -6.42. The molecule has 0 fully saturated rings. The van der Waals surface area contributed by atoms with E-state index >= 15 is 0 Å². The second-order valence-electron chi connectivity index (χ2n) is 13.8. The summed E-state index contributed by atoms with van der Waals surface area (Å²) in [4.78, 5) is 0. The number of rotatable bonds is 0. The topological polar surface area (TPSA) is 25.2 Å². The van der Waals surface area contributed by atoms with Gasteiger partial charge in [-0.15, -0.1) is 11.3 Å². The lowest BCUT2D eigenvalue weighted by atomic mass is 9.89. The van der Waals surface area contributed by atoms with E-state index < -0.39 is 0 Å². The fourth-order valence-electron chi connectivity index (χ4n) is 8.29. The van der Waals surface area contributed by atoms with Crippen molar-refractivity contribution in [3.8, 4) is 55.6 Å². The monoisotopic (exact) mass is 681 g/mol. The summed E-state index contributed by atoms with van der Waals surface area (Å²) in [6.07, 6.45) is 0. The highest BCUT2D eigenvalue weighted by Crippen LogP contribution is 2.45. The van der Waals surface area contributed by atoms with Crippen molar-refractivity contribution in [1.29, 1.82) is 0 Å². The molecule has 0 spiro atoms. The van der Waals surface area contributed by atoms with Gasteiger partial charge in [0.2, 0.25) is 0 Å². The van der Waals surface area contributed by atoms with Gasteiger partial charge >= 0.3 is 0 Å². The predicted octanol–water partition coefficient (Wildman–Crippen LogP) is 14.7. The molecule has 14 rings (SSSR count). The van der Waals surface area contributed by atoms with Crippen LogP contribution in [0.1, 0.15) is 5.56 Å². The lowest BCUT2D eigenvalue weighted by Crippen LogP contribution is -1.93. The van der Waals surface area contributed by atoms with Crippen molar-refractivity contribution in [1.82, 2.24) is 0 Å². The van der Waals surface area contributed by atoms with Crippen molar-refractivity contribution in [3.05, 3.63) is 169 Å². The van der Waals surface area contributed by atoms with Gasteiger partial charge in [0.05, 0.1) is 11.1 Å². The Morgan fingerprint density at radius 2 is 1.08 bits per heavy atom. The molecule has 0 radical (unpaired) electrons.